The van der Waals surface area contributed by atoms with Crippen molar-refractivity contribution in [2.45, 2.75) is 30.3 Å². The average molecular weight is 383 g/mol. The summed E-state index contributed by atoms with van der Waals surface area (Å²) in [7, 11) is -3.23. The Hall–Kier alpha value is -1.89. The lowest BCUT2D eigenvalue weighted by molar-refractivity contribution is -0.126. The lowest BCUT2D eigenvalue weighted by atomic mass is 9.91. The lowest BCUT2D eigenvalue weighted by Gasteiger charge is -2.26. The minimum Gasteiger partial charge on any atom is -0.348 e. The molecule has 0 spiro atoms. The first-order valence-electron chi connectivity index (χ1n) is 7.58. The number of rotatable bonds is 5. The molecule has 0 aliphatic rings. The van der Waals surface area contributed by atoms with E-state index in [0.717, 1.165) is 17.4 Å². The van der Waals surface area contributed by atoms with Gasteiger partial charge in [-0.05, 0) is 37.1 Å². The summed E-state index contributed by atoms with van der Waals surface area (Å²) in [6.07, 6.45) is 1.16. The smallest absolute Gasteiger partial charge is 0.244 e. The Kier molecular flexibility index (Phi) is 6.76. The van der Waals surface area contributed by atoms with Gasteiger partial charge < -0.3 is 11.1 Å². The molecule has 3 N–H and O–H groups in total. The first-order valence-corrected chi connectivity index (χ1v) is 9.47. The molecule has 5 nitrogen and oxygen atoms in total. The number of hydrogen-bond acceptors (Lipinski definition) is 4. The van der Waals surface area contributed by atoms with Crippen molar-refractivity contribution in [1.82, 2.24) is 5.32 Å². The molecule has 136 valence electrons. The largest absolute Gasteiger partial charge is 0.348 e. The molecule has 0 saturated carbocycles. The van der Waals surface area contributed by atoms with Gasteiger partial charge in [0.05, 0.1) is 10.9 Å². The van der Waals surface area contributed by atoms with Crippen molar-refractivity contribution >= 4 is 28.2 Å². The van der Waals surface area contributed by atoms with Gasteiger partial charge in [-0.1, -0.05) is 42.5 Å². The van der Waals surface area contributed by atoms with Crippen LogP contribution in [-0.4, -0.2) is 20.6 Å². The van der Waals surface area contributed by atoms with Crippen molar-refractivity contribution in [3.8, 4) is 0 Å². The van der Waals surface area contributed by atoms with E-state index in [1.54, 1.807) is 19.1 Å². The van der Waals surface area contributed by atoms with Gasteiger partial charge in [0, 0.05) is 6.26 Å². The van der Waals surface area contributed by atoms with Gasteiger partial charge >= 0.3 is 0 Å². The highest BCUT2D eigenvalue weighted by molar-refractivity contribution is 7.90. The van der Waals surface area contributed by atoms with Crippen LogP contribution < -0.4 is 11.1 Å². The summed E-state index contributed by atoms with van der Waals surface area (Å²) in [5.41, 5.74) is 6.58. The summed E-state index contributed by atoms with van der Waals surface area (Å²) in [4.78, 5) is 12.8. The van der Waals surface area contributed by atoms with Gasteiger partial charge in [-0.15, -0.1) is 12.4 Å². The Labute approximate surface area is 155 Å². The zero-order valence-electron chi connectivity index (χ0n) is 14.4. The molecule has 0 heterocycles. The van der Waals surface area contributed by atoms with Crippen LogP contribution >= 0.6 is 12.4 Å². The summed E-state index contributed by atoms with van der Waals surface area (Å²) in [5, 5.41) is 2.88. The molecular formula is C18H23ClN2O3S. The predicted octanol–water partition coefficient (Wildman–Crippen LogP) is 2.56. The third-order valence-corrected chi connectivity index (χ3v) is 5.13. The predicted molar refractivity (Wildman–Crippen MR) is 101 cm³/mol. The second-order valence-corrected chi connectivity index (χ2v) is 8.12. The molecule has 0 fully saturated rings. The average Bonchev–Trinajstić information content (AvgIpc) is 2.54. The number of nitrogens with one attached hydrogen (secondary N) is 1. The van der Waals surface area contributed by atoms with Crippen molar-refractivity contribution in [2.24, 2.45) is 5.73 Å². The van der Waals surface area contributed by atoms with E-state index in [1.807, 2.05) is 37.3 Å². The van der Waals surface area contributed by atoms with Gasteiger partial charge in [0.25, 0.3) is 0 Å². The van der Waals surface area contributed by atoms with Crippen LogP contribution in [-0.2, 0) is 20.2 Å². The molecular weight excluding hydrogens is 360 g/mol. The molecule has 2 atom stereocenters. The molecule has 2 rings (SSSR count). The van der Waals surface area contributed by atoms with Crippen molar-refractivity contribution in [3.05, 3.63) is 65.7 Å². The third-order valence-electron chi connectivity index (χ3n) is 4.00. The van der Waals surface area contributed by atoms with Gasteiger partial charge in [-0.2, -0.15) is 0 Å². The number of nitrogens with two attached hydrogens (primary N) is 1. The highest BCUT2D eigenvalue weighted by Crippen LogP contribution is 2.21. The summed E-state index contributed by atoms with van der Waals surface area (Å²) in [6, 6.07) is 15.3. The van der Waals surface area contributed by atoms with Gasteiger partial charge in [-0.25, -0.2) is 8.42 Å². The molecule has 1 amide bonds. The summed E-state index contributed by atoms with van der Waals surface area (Å²) in [6.45, 7) is 3.49. The van der Waals surface area contributed by atoms with Crippen LogP contribution in [0.15, 0.2) is 59.5 Å². The summed E-state index contributed by atoms with van der Waals surface area (Å²) >= 11 is 0. The van der Waals surface area contributed by atoms with E-state index < -0.39 is 15.4 Å². The van der Waals surface area contributed by atoms with Crippen LogP contribution in [0.3, 0.4) is 0 Å². The fraction of sp³-hybridized carbons (Fsp3) is 0.278. The maximum absolute atomic E-state index is 12.5. The van der Waals surface area contributed by atoms with Crippen molar-refractivity contribution in [3.63, 3.8) is 0 Å². The van der Waals surface area contributed by atoms with Crippen molar-refractivity contribution < 1.29 is 13.2 Å². The van der Waals surface area contributed by atoms with Gasteiger partial charge in [-0.3, -0.25) is 4.79 Å². The van der Waals surface area contributed by atoms with Gasteiger partial charge in [0.15, 0.2) is 9.84 Å². The van der Waals surface area contributed by atoms with E-state index in [0.29, 0.717) is 0 Å². The molecule has 0 saturated heterocycles. The Morgan fingerprint density at radius 2 is 1.60 bits per heavy atom. The Bertz CT molecular complexity index is 819. The van der Waals surface area contributed by atoms with Crippen LogP contribution in [0.2, 0.25) is 0 Å². The van der Waals surface area contributed by atoms with Crippen LogP contribution in [0.4, 0.5) is 0 Å². The van der Waals surface area contributed by atoms with E-state index in [1.165, 1.54) is 12.1 Å². The van der Waals surface area contributed by atoms with Crippen LogP contribution in [0.25, 0.3) is 0 Å². The van der Waals surface area contributed by atoms with E-state index in [4.69, 9.17) is 5.73 Å². The van der Waals surface area contributed by atoms with E-state index in [2.05, 4.69) is 5.32 Å². The lowest BCUT2D eigenvalue weighted by Crippen LogP contribution is -2.49. The summed E-state index contributed by atoms with van der Waals surface area (Å²) < 4.78 is 23.0. The standard InChI is InChI=1S/C18H22N2O3S.ClH/c1-13(14-9-11-16(12-10-14)24(3,22)23)20-17(21)18(2,19)15-7-5-4-6-8-15;/h4-13H,19H2,1-3H3,(H,20,21);1H. The van der Waals surface area contributed by atoms with E-state index >= 15 is 0 Å². The molecule has 2 unspecified atom stereocenters. The van der Waals surface area contributed by atoms with Crippen LogP contribution in [0.5, 0.6) is 0 Å². The number of carbonyl (C=O) groups is 1. The fourth-order valence-corrected chi connectivity index (χ4v) is 2.98. The Morgan fingerprint density at radius 1 is 1.08 bits per heavy atom. The number of hydrogen-bond donors (Lipinski definition) is 2. The van der Waals surface area contributed by atoms with Gasteiger partial charge in [0.2, 0.25) is 5.91 Å². The highest BCUT2D eigenvalue weighted by atomic mass is 35.5. The third kappa shape index (κ3) is 5.04. The first kappa shape index (κ1) is 21.2. The second kappa shape index (κ2) is 7.99. The van der Waals surface area contributed by atoms with Crippen LogP contribution in [0.1, 0.15) is 31.0 Å². The molecule has 0 aliphatic heterocycles. The Balaban J connectivity index is 0.00000312. The zero-order valence-corrected chi connectivity index (χ0v) is 16.0. The zero-order chi connectivity index (χ0) is 18.0. The molecule has 25 heavy (non-hydrogen) atoms. The maximum Gasteiger partial charge on any atom is 0.244 e. The molecule has 0 aromatic heterocycles. The summed E-state index contributed by atoms with van der Waals surface area (Å²) in [5.74, 6) is -0.298. The topological polar surface area (TPSA) is 89.3 Å². The molecule has 2 aromatic rings. The minimum absolute atomic E-state index is 0. The van der Waals surface area contributed by atoms with Crippen molar-refractivity contribution in [2.75, 3.05) is 6.26 Å². The molecule has 2 aromatic carbocycles. The quantitative estimate of drug-likeness (QED) is 0.831. The molecule has 0 bridgehead atoms. The number of sulfone groups is 1. The van der Waals surface area contributed by atoms with Crippen LogP contribution in [0, 0.1) is 0 Å². The second-order valence-electron chi connectivity index (χ2n) is 6.10. The molecule has 7 heteroatoms. The Morgan fingerprint density at radius 3 is 2.08 bits per heavy atom. The number of carbonyl (C=O) groups excluding carboxylic acids is 1. The molecule has 0 radical (unpaired) electrons. The number of amides is 1. The normalized spacial score (nSPS) is 14.7. The minimum atomic E-state index is -3.23. The van der Waals surface area contributed by atoms with Crippen molar-refractivity contribution in [1.29, 1.82) is 0 Å². The highest BCUT2D eigenvalue weighted by Gasteiger charge is 2.31. The first-order chi connectivity index (χ1) is 11.1. The van der Waals surface area contributed by atoms with Gasteiger partial charge in [0.1, 0.15) is 5.54 Å². The number of halogens is 1. The maximum atomic E-state index is 12.5. The van der Waals surface area contributed by atoms with E-state index in [-0.39, 0.29) is 29.3 Å². The molecule has 0 aliphatic carbocycles. The SMILES string of the molecule is CC(NC(=O)C(C)(N)c1ccccc1)c1ccc(S(C)(=O)=O)cc1.Cl. The number of benzene rings is 2. The fourth-order valence-electron chi connectivity index (χ4n) is 2.35. The monoisotopic (exact) mass is 382 g/mol. The van der Waals surface area contributed by atoms with E-state index in [9.17, 15) is 13.2 Å².